The standard InChI is InChI=1S/C23H24N2O/c1-16(2)10-18-8-9-19-20(11-18)21(12-23(19)26)22-13-24-15-25(22)14-17-6-4-3-5-7-17/h3-9,11,13,15-16,21H,10,12,14H2,1-2H3. The number of aromatic nitrogens is 2. The van der Waals surface area contributed by atoms with E-state index in [0.717, 1.165) is 24.2 Å². The smallest absolute Gasteiger partial charge is 0.164 e. The summed E-state index contributed by atoms with van der Waals surface area (Å²) in [5.74, 6) is 0.955. The summed E-state index contributed by atoms with van der Waals surface area (Å²) in [6.07, 6.45) is 5.38. The first-order valence-corrected chi connectivity index (χ1v) is 9.32. The summed E-state index contributed by atoms with van der Waals surface area (Å²) in [4.78, 5) is 16.9. The van der Waals surface area contributed by atoms with Gasteiger partial charge in [0.1, 0.15) is 0 Å². The van der Waals surface area contributed by atoms with E-state index < -0.39 is 0 Å². The zero-order chi connectivity index (χ0) is 18.1. The molecule has 4 rings (SSSR count). The summed E-state index contributed by atoms with van der Waals surface area (Å²) in [6.45, 7) is 5.23. The molecule has 0 fully saturated rings. The fourth-order valence-electron chi connectivity index (χ4n) is 3.96. The first-order valence-electron chi connectivity index (χ1n) is 9.32. The highest BCUT2D eigenvalue weighted by molar-refractivity contribution is 6.01. The number of imidazole rings is 1. The Hall–Kier alpha value is -2.68. The van der Waals surface area contributed by atoms with Crippen LogP contribution in [0.3, 0.4) is 0 Å². The second-order valence-electron chi connectivity index (χ2n) is 7.63. The van der Waals surface area contributed by atoms with Crippen LogP contribution in [0.2, 0.25) is 0 Å². The molecule has 1 aromatic heterocycles. The van der Waals surface area contributed by atoms with E-state index in [4.69, 9.17) is 0 Å². The third kappa shape index (κ3) is 3.22. The van der Waals surface area contributed by atoms with Gasteiger partial charge in [0.25, 0.3) is 0 Å². The highest BCUT2D eigenvalue weighted by Crippen LogP contribution is 2.38. The first kappa shape index (κ1) is 16.8. The van der Waals surface area contributed by atoms with Crippen molar-refractivity contribution in [3.8, 4) is 0 Å². The highest BCUT2D eigenvalue weighted by Gasteiger charge is 2.32. The van der Waals surface area contributed by atoms with E-state index in [1.807, 2.05) is 24.7 Å². The number of nitrogens with zero attached hydrogens (tertiary/aromatic N) is 2. The van der Waals surface area contributed by atoms with Crippen LogP contribution in [0.25, 0.3) is 0 Å². The van der Waals surface area contributed by atoms with Crippen molar-refractivity contribution >= 4 is 5.78 Å². The molecular weight excluding hydrogens is 320 g/mol. The molecule has 3 nitrogen and oxygen atoms in total. The number of rotatable bonds is 5. The van der Waals surface area contributed by atoms with Crippen molar-refractivity contribution in [3.63, 3.8) is 0 Å². The zero-order valence-electron chi connectivity index (χ0n) is 15.4. The lowest BCUT2D eigenvalue weighted by Gasteiger charge is -2.16. The summed E-state index contributed by atoms with van der Waals surface area (Å²) in [5.41, 5.74) is 5.73. The zero-order valence-corrected chi connectivity index (χ0v) is 15.4. The molecule has 1 atom stereocenters. The predicted octanol–water partition coefficient (Wildman–Crippen LogP) is 4.85. The van der Waals surface area contributed by atoms with E-state index in [1.54, 1.807) is 0 Å². The lowest BCUT2D eigenvalue weighted by molar-refractivity contribution is 0.0991. The van der Waals surface area contributed by atoms with Gasteiger partial charge in [-0.05, 0) is 29.0 Å². The molecule has 2 aromatic carbocycles. The van der Waals surface area contributed by atoms with E-state index in [2.05, 4.69) is 59.8 Å². The minimum Gasteiger partial charge on any atom is -0.330 e. The molecule has 0 amide bonds. The number of hydrogen-bond acceptors (Lipinski definition) is 2. The third-order valence-corrected chi connectivity index (χ3v) is 5.12. The minimum atomic E-state index is 0.107. The maximum Gasteiger partial charge on any atom is 0.164 e. The third-order valence-electron chi connectivity index (χ3n) is 5.12. The van der Waals surface area contributed by atoms with Crippen LogP contribution in [-0.4, -0.2) is 15.3 Å². The van der Waals surface area contributed by atoms with Crippen molar-refractivity contribution in [1.82, 2.24) is 9.55 Å². The molecule has 132 valence electrons. The van der Waals surface area contributed by atoms with Crippen LogP contribution in [0.4, 0.5) is 0 Å². The lowest BCUT2D eigenvalue weighted by atomic mass is 9.93. The van der Waals surface area contributed by atoms with Crippen LogP contribution in [-0.2, 0) is 13.0 Å². The SMILES string of the molecule is CC(C)Cc1ccc2c(c1)C(c1cncn1Cc1ccccc1)CC2=O. The van der Waals surface area contributed by atoms with E-state index in [1.165, 1.54) is 16.7 Å². The van der Waals surface area contributed by atoms with Crippen LogP contribution in [0.5, 0.6) is 0 Å². The van der Waals surface area contributed by atoms with Crippen molar-refractivity contribution in [3.05, 3.63) is 89.0 Å². The van der Waals surface area contributed by atoms with Gasteiger partial charge >= 0.3 is 0 Å². The number of Topliss-reactive ketones (excluding diaryl/α,β-unsaturated/α-hetero) is 1. The Labute approximate surface area is 154 Å². The lowest BCUT2D eigenvalue weighted by Crippen LogP contribution is -2.08. The maximum absolute atomic E-state index is 12.5. The summed E-state index contributed by atoms with van der Waals surface area (Å²) in [5, 5.41) is 0. The normalized spacial score (nSPS) is 16.3. The Morgan fingerprint density at radius 3 is 2.69 bits per heavy atom. The second kappa shape index (κ2) is 6.91. The largest absolute Gasteiger partial charge is 0.330 e. The Bertz CT molecular complexity index is 924. The average Bonchev–Trinajstić information content (AvgIpc) is 3.19. The van der Waals surface area contributed by atoms with Crippen LogP contribution >= 0.6 is 0 Å². The van der Waals surface area contributed by atoms with Crippen LogP contribution in [0, 0.1) is 5.92 Å². The van der Waals surface area contributed by atoms with E-state index in [-0.39, 0.29) is 11.7 Å². The van der Waals surface area contributed by atoms with E-state index in [0.29, 0.717) is 12.3 Å². The molecule has 0 N–H and O–H groups in total. The van der Waals surface area contributed by atoms with Crippen LogP contribution in [0.15, 0.2) is 61.1 Å². The minimum absolute atomic E-state index is 0.107. The molecule has 0 spiro atoms. The van der Waals surface area contributed by atoms with Gasteiger partial charge in [0.15, 0.2) is 5.78 Å². The number of carbonyl (C=O) groups excluding carboxylic acids is 1. The van der Waals surface area contributed by atoms with E-state index in [9.17, 15) is 4.79 Å². The Morgan fingerprint density at radius 2 is 1.92 bits per heavy atom. The van der Waals surface area contributed by atoms with Gasteiger partial charge in [-0.2, -0.15) is 0 Å². The number of hydrogen-bond donors (Lipinski definition) is 0. The molecule has 26 heavy (non-hydrogen) atoms. The summed E-state index contributed by atoms with van der Waals surface area (Å²) in [6, 6.07) is 16.8. The molecule has 1 heterocycles. The summed E-state index contributed by atoms with van der Waals surface area (Å²) < 4.78 is 2.18. The monoisotopic (exact) mass is 344 g/mol. The predicted molar refractivity (Wildman–Crippen MR) is 104 cm³/mol. The molecule has 0 radical (unpaired) electrons. The van der Waals surface area contributed by atoms with Gasteiger partial charge in [0.05, 0.1) is 6.33 Å². The Kier molecular flexibility index (Phi) is 4.46. The van der Waals surface area contributed by atoms with Crippen LogP contribution < -0.4 is 0 Å². The number of carbonyl (C=O) groups is 1. The molecule has 0 aliphatic heterocycles. The van der Waals surface area contributed by atoms with Crippen molar-refractivity contribution in [2.24, 2.45) is 5.92 Å². The van der Waals surface area contributed by atoms with E-state index >= 15 is 0 Å². The van der Waals surface area contributed by atoms with Crippen molar-refractivity contribution in [1.29, 1.82) is 0 Å². The fourth-order valence-corrected chi connectivity index (χ4v) is 3.96. The second-order valence-corrected chi connectivity index (χ2v) is 7.63. The molecule has 3 aromatic rings. The molecule has 1 aliphatic carbocycles. The topological polar surface area (TPSA) is 34.9 Å². The Morgan fingerprint density at radius 1 is 1.12 bits per heavy atom. The molecule has 0 saturated carbocycles. The molecular formula is C23H24N2O. The van der Waals surface area contributed by atoms with Gasteiger partial charge in [-0.15, -0.1) is 0 Å². The number of fused-ring (bicyclic) bond motifs is 1. The van der Waals surface area contributed by atoms with Crippen molar-refractivity contribution < 1.29 is 4.79 Å². The molecule has 1 aliphatic rings. The average molecular weight is 344 g/mol. The van der Waals surface area contributed by atoms with Gasteiger partial charge < -0.3 is 4.57 Å². The van der Waals surface area contributed by atoms with Gasteiger partial charge in [-0.25, -0.2) is 4.98 Å². The highest BCUT2D eigenvalue weighted by atomic mass is 16.1. The van der Waals surface area contributed by atoms with Gasteiger partial charge in [0.2, 0.25) is 0 Å². The van der Waals surface area contributed by atoms with Crippen LogP contribution in [0.1, 0.15) is 58.9 Å². The molecule has 0 saturated heterocycles. The van der Waals surface area contributed by atoms with Gasteiger partial charge in [0, 0.05) is 36.3 Å². The van der Waals surface area contributed by atoms with Gasteiger partial charge in [-0.3, -0.25) is 4.79 Å². The number of ketones is 1. The maximum atomic E-state index is 12.5. The quantitative estimate of drug-likeness (QED) is 0.663. The molecule has 0 bridgehead atoms. The summed E-state index contributed by atoms with van der Waals surface area (Å²) >= 11 is 0. The number of benzene rings is 2. The Balaban J connectivity index is 1.68. The van der Waals surface area contributed by atoms with Crippen molar-refractivity contribution in [2.45, 2.75) is 39.2 Å². The van der Waals surface area contributed by atoms with Gasteiger partial charge in [-0.1, -0.05) is 62.4 Å². The van der Waals surface area contributed by atoms with Crippen molar-refractivity contribution in [2.75, 3.05) is 0 Å². The summed E-state index contributed by atoms with van der Waals surface area (Å²) in [7, 11) is 0. The fraction of sp³-hybridized carbons (Fsp3) is 0.304. The molecule has 1 unspecified atom stereocenters. The molecule has 3 heteroatoms. The first-order chi connectivity index (χ1) is 12.6.